The Hall–Kier alpha value is -1.62. The normalized spacial score (nSPS) is 12.2. The molecule has 0 saturated heterocycles. The molecule has 1 rings (SSSR count). The third-order valence-corrected chi connectivity index (χ3v) is 2.66. The molecule has 5 heteroatoms. The SMILES string of the molecule is CCC(COC)Nc1c(C)cccc1[N+](=O)[O-]. The van der Waals surface area contributed by atoms with Crippen LogP contribution in [0.5, 0.6) is 0 Å². The van der Waals surface area contributed by atoms with Crippen LogP contribution in [0.4, 0.5) is 11.4 Å². The first kappa shape index (κ1) is 13.4. The molecule has 0 radical (unpaired) electrons. The average Bonchev–Trinajstić information content (AvgIpc) is 2.30. The lowest BCUT2D eigenvalue weighted by molar-refractivity contribution is -0.384. The van der Waals surface area contributed by atoms with Gasteiger partial charge in [0, 0.05) is 19.2 Å². The van der Waals surface area contributed by atoms with Gasteiger partial charge in [0.15, 0.2) is 0 Å². The number of anilines is 1. The van der Waals surface area contributed by atoms with Gasteiger partial charge in [-0.05, 0) is 18.9 Å². The Kier molecular flexibility index (Phi) is 4.90. The topological polar surface area (TPSA) is 64.4 Å². The number of nitrogens with one attached hydrogen (secondary N) is 1. The summed E-state index contributed by atoms with van der Waals surface area (Å²) in [6.07, 6.45) is 0.847. The fraction of sp³-hybridized carbons (Fsp3) is 0.500. The number of nitrogens with zero attached hydrogens (tertiary/aromatic N) is 1. The number of nitro groups is 1. The number of methoxy groups -OCH3 is 1. The van der Waals surface area contributed by atoms with Gasteiger partial charge in [-0.25, -0.2) is 0 Å². The highest BCUT2D eigenvalue weighted by atomic mass is 16.6. The van der Waals surface area contributed by atoms with Crippen LogP contribution in [-0.4, -0.2) is 24.7 Å². The van der Waals surface area contributed by atoms with Gasteiger partial charge < -0.3 is 10.1 Å². The summed E-state index contributed by atoms with van der Waals surface area (Å²) in [5.41, 5.74) is 1.56. The Labute approximate surface area is 101 Å². The van der Waals surface area contributed by atoms with Gasteiger partial charge in [0.25, 0.3) is 5.69 Å². The standard InChI is InChI=1S/C12H18N2O3/c1-4-10(8-17-3)13-12-9(2)6-5-7-11(12)14(15)16/h5-7,10,13H,4,8H2,1-3H3. The minimum Gasteiger partial charge on any atom is -0.383 e. The Balaban J connectivity index is 2.99. The van der Waals surface area contributed by atoms with Crippen LogP contribution in [0.3, 0.4) is 0 Å². The van der Waals surface area contributed by atoms with Crippen LogP contribution in [0.2, 0.25) is 0 Å². The molecule has 1 aromatic carbocycles. The summed E-state index contributed by atoms with van der Waals surface area (Å²) >= 11 is 0. The fourth-order valence-corrected chi connectivity index (χ4v) is 1.66. The Morgan fingerprint density at radius 1 is 1.53 bits per heavy atom. The molecule has 1 N–H and O–H groups in total. The van der Waals surface area contributed by atoms with E-state index in [1.807, 2.05) is 19.9 Å². The monoisotopic (exact) mass is 238 g/mol. The van der Waals surface area contributed by atoms with Crippen LogP contribution < -0.4 is 5.32 Å². The molecule has 94 valence electrons. The van der Waals surface area contributed by atoms with E-state index in [1.165, 1.54) is 6.07 Å². The minimum atomic E-state index is -0.366. The molecule has 17 heavy (non-hydrogen) atoms. The number of rotatable bonds is 6. The van der Waals surface area contributed by atoms with Crippen LogP contribution in [0.15, 0.2) is 18.2 Å². The van der Waals surface area contributed by atoms with Crippen LogP contribution >= 0.6 is 0 Å². The largest absolute Gasteiger partial charge is 0.383 e. The first-order valence-corrected chi connectivity index (χ1v) is 5.59. The van der Waals surface area contributed by atoms with Crippen LogP contribution in [-0.2, 0) is 4.74 Å². The molecule has 0 aliphatic rings. The number of hydrogen-bond acceptors (Lipinski definition) is 4. The molecule has 0 heterocycles. The van der Waals surface area contributed by atoms with Crippen molar-refractivity contribution in [2.45, 2.75) is 26.3 Å². The van der Waals surface area contributed by atoms with E-state index in [0.29, 0.717) is 12.3 Å². The first-order valence-electron chi connectivity index (χ1n) is 5.59. The van der Waals surface area contributed by atoms with Crippen LogP contribution in [0, 0.1) is 17.0 Å². The van der Waals surface area contributed by atoms with Gasteiger partial charge in [0.2, 0.25) is 0 Å². The number of ether oxygens (including phenoxy) is 1. The van der Waals surface area contributed by atoms with Gasteiger partial charge in [-0.2, -0.15) is 0 Å². The fourth-order valence-electron chi connectivity index (χ4n) is 1.66. The Bertz CT molecular complexity index is 393. The van der Waals surface area contributed by atoms with Crippen molar-refractivity contribution < 1.29 is 9.66 Å². The summed E-state index contributed by atoms with van der Waals surface area (Å²) in [5, 5.41) is 14.1. The average molecular weight is 238 g/mol. The molecule has 0 fully saturated rings. The van der Waals surface area contributed by atoms with Crippen molar-refractivity contribution in [3.8, 4) is 0 Å². The summed E-state index contributed by atoms with van der Waals surface area (Å²) in [4.78, 5) is 10.6. The zero-order valence-corrected chi connectivity index (χ0v) is 10.4. The predicted molar refractivity (Wildman–Crippen MR) is 67.4 cm³/mol. The zero-order chi connectivity index (χ0) is 12.8. The van der Waals surface area contributed by atoms with Crippen molar-refractivity contribution in [1.82, 2.24) is 0 Å². The third kappa shape index (κ3) is 3.42. The van der Waals surface area contributed by atoms with E-state index in [1.54, 1.807) is 13.2 Å². The zero-order valence-electron chi connectivity index (χ0n) is 10.4. The molecule has 0 saturated carbocycles. The molecular weight excluding hydrogens is 220 g/mol. The highest BCUT2D eigenvalue weighted by Gasteiger charge is 2.17. The van der Waals surface area contributed by atoms with E-state index in [2.05, 4.69) is 5.32 Å². The molecule has 0 aromatic heterocycles. The van der Waals surface area contributed by atoms with E-state index in [-0.39, 0.29) is 16.7 Å². The maximum Gasteiger partial charge on any atom is 0.292 e. The summed E-state index contributed by atoms with van der Waals surface area (Å²) < 4.78 is 5.07. The van der Waals surface area contributed by atoms with E-state index in [9.17, 15) is 10.1 Å². The quantitative estimate of drug-likeness (QED) is 0.611. The number of nitro benzene ring substituents is 1. The first-order chi connectivity index (χ1) is 8.10. The van der Waals surface area contributed by atoms with Crippen molar-refractivity contribution in [2.24, 2.45) is 0 Å². The van der Waals surface area contributed by atoms with Crippen molar-refractivity contribution >= 4 is 11.4 Å². The molecule has 1 unspecified atom stereocenters. The van der Waals surface area contributed by atoms with Crippen molar-refractivity contribution in [3.63, 3.8) is 0 Å². The lowest BCUT2D eigenvalue weighted by atomic mass is 10.1. The summed E-state index contributed by atoms with van der Waals surface area (Å²) in [6, 6.07) is 5.14. The smallest absolute Gasteiger partial charge is 0.292 e. The molecular formula is C12H18N2O3. The number of hydrogen-bond donors (Lipinski definition) is 1. The van der Waals surface area contributed by atoms with Crippen molar-refractivity contribution in [2.75, 3.05) is 19.0 Å². The molecule has 0 bridgehead atoms. The lowest BCUT2D eigenvalue weighted by Gasteiger charge is -2.18. The second kappa shape index (κ2) is 6.20. The van der Waals surface area contributed by atoms with Gasteiger partial charge in [0.05, 0.1) is 11.5 Å². The third-order valence-electron chi connectivity index (χ3n) is 2.66. The van der Waals surface area contributed by atoms with Crippen molar-refractivity contribution in [3.05, 3.63) is 33.9 Å². The second-order valence-corrected chi connectivity index (χ2v) is 3.93. The second-order valence-electron chi connectivity index (χ2n) is 3.93. The minimum absolute atomic E-state index is 0.0831. The molecule has 5 nitrogen and oxygen atoms in total. The molecule has 0 aliphatic heterocycles. The van der Waals surface area contributed by atoms with Gasteiger partial charge in [-0.3, -0.25) is 10.1 Å². The molecule has 1 aromatic rings. The number of aryl methyl sites for hydroxylation is 1. The molecule has 1 atom stereocenters. The van der Waals surface area contributed by atoms with Crippen molar-refractivity contribution in [1.29, 1.82) is 0 Å². The van der Waals surface area contributed by atoms with Gasteiger partial charge in [-0.15, -0.1) is 0 Å². The van der Waals surface area contributed by atoms with Crippen LogP contribution in [0.25, 0.3) is 0 Å². The maximum atomic E-state index is 10.9. The lowest BCUT2D eigenvalue weighted by Crippen LogP contribution is -2.24. The summed E-state index contributed by atoms with van der Waals surface area (Å²) in [5.74, 6) is 0. The van der Waals surface area contributed by atoms with E-state index in [0.717, 1.165) is 12.0 Å². The van der Waals surface area contributed by atoms with E-state index >= 15 is 0 Å². The highest BCUT2D eigenvalue weighted by Crippen LogP contribution is 2.28. The van der Waals surface area contributed by atoms with E-state index in [4.69, 9.17) is 4.74 Å². The number of para-hydroxylation sites is 1. The van der Waals surface area contributed by atoms with Crippen LogP contribution in [0.1, 0.15) is 18.9 Å². The molecule has 0 aliphatic carbocycles. The molecule has 0 amide bonds. The maximum absolute atomic E-state index is 10.9. The summed E-state index contributed by atoms with van der Waals surface area (Å²) in [7, 11) is 1.62. The highest BCUT2D eigenvalue weighted by molar-refractivity contribution is 5.66. The van der Waals surface area contributed by atoms with E-state index < -0.39 is 0 Å². The van der Waals surface area contributed by atoms with Gasteiger partial charge in [0.1, 0.15) is 5.69 Å². The Morgan fingerprint density at radius 3 is 2.76 bits per heavy atom. The van der Waals surface area contributed by atoms with Gasteiger partial charge in [-0.1, -0.05) is 19.1 Å². The number of benzene rings is 1. The summed E-state index contributed by atoms with van der Waals surface area (Å²) in [6.45, 7) is 4.40. The Morgan fingerprint density at radius 2 is 2.24 bits per heavy atom. The molecule has 0 spiro atoms. The predicted octanol–water partition coefficient (Wildman–Crippen LogP) is 2.74. The van der Waals surface area contributed by atoms with Gasteiger partial charge >= 0.3 is 0 Å².